The number of hydrogen-bond acceptors (Lipinski definition) is 5. The Morgan fingerprint density at radius 3 is 2.57 bits per heavy atom. The summed E-state index contributed by atoms with van der Waals surface area (Å²) in [6.07, 6.45) is 4.46. The smallest absolute Gasteiger partial charge is 0.325 e. The molecular weight excluding hydrogens is 362 g/mol. The number of hydrogen-bond donors (Lipinski definition) is 1. The molecule has 28 heavy (non-hydrogen) atoms. The number of nitrogens with zero attached hydrogens (tertiary/aromatic N) is 2. The van der Waals surface area contributed by atoms with E-state index in [2.05, 4.69) is 5.32 Å². The van der Waals surface area contributed by atoms with Gasteiger partial charge in [-0.1, -0.05) is 18.9 Å². The molecule has 8 heteroatoms. The Kier molecular flexibility index (Phi) is 4.87. The van der Waals surface area contributed by atoms with Crippen LogP contribution in [-0.2, 0) is 16.0 Å². The van der Waals surface area contributed by atoms with Gasteiger partial charge in [-0.2, -0.15) is 0 Å². The second kappa shape index (κ2) is 7.33. The van der Waals surface area contributed by atoms with Crippen molar-refractivity contribution in [3.05, 3.63) is 23.8 Å². The largest absolute Gasteiger partial charge is 0.454 e. The maximum atomic E-state index is 13.0. The van der Waals surface area contributed by atoms with Crippen LogP contribution in [0.3, 0.4) is 0 Å². The second-order valence-electron chi connectivity index (χ2n) is 7.81. The minimum Gasteiger partial charge on any atom is -0.454 e. The van der Waals surface area contributed by atoms with Crippen molar-refractivity contribution in [3.63, 3.8) is 0 Å². The molecule has 2 fully saturated rings. The molecule has 0 aliphatic carbocycles. The Bertz CT molecular complexity index is 803. The van der Waals surface area contributed by atoms with Crippen LogP contribution in [0.25, 0.3) is 0 Å². The van der Waals surface area contributed by atoms with E-state index < -0.39 is 11.6 Å². The molecule has 0 bridgehead atoms. The lowest BCUT2D eigenvalue weighted by atomic mass is 9.92. The van der Waals surface area contributed by atoms with Crippen LogP contribution in [0.2, 0.25) is 0 Å². The number of likely N-dealkylation sites (tertiary alicyclic amines) is 1. The summed E-state index contributed by atoms with van der Waals surface area (Å²) in [7, 11) is 0. The maximum Gasteiger partial charge on any atom is 0.325 e. The van der Waals surface area contributed by atoms with E-state index in [1.54, 1.807) is 17.9 Å². The zero-order valence-corrected chi connectivity index (χ0v) is 16.0. The highest BCUT2D eigenvalue weighted by Gasteiger charge is 2.48. The predicted molar refractivity (Wildman–Crippen MR) is 100.0 cm³/mol. The summed E-state index contributed by atoms with van der Waals surface area (Å²) in [6.45, 7) is 3.04. The molecule has 0 radical (unpaired) electrons. The quantitative estimate of drug-likeness (QED) is 0.794. The number of urea groups is 1. The van der Waals surface area contributed by atoms with Gasteiger partial charge in [0.05, 0.1) is 0 Å². The Morgan fingerprint density at radius 2 is 1.82 bits per heavy atom. The van der Waals surface area contributed by atoms with Crippen LogP contribution in [-0.4, -0.2) is 59.6 Å². The third-order valence-corrected chi connectivity index (χ3v) is 5.59. The van der Waals surface area contributed by atoms with E-state index in [0.717, 1.165) is 36.1 Å². The van der Waals surface area contributed by atoms with Crippen LogP contribution in [0.1, 0.15) is 38.2 Å². The van der Waals surface area contributed by atoms with Crippen molar-refractivity contribution in [2.45, 2.75) is 44.6 Å². The molecule has 1 aromatic carbocycles. The Labute approximate surface area is 163 Å². The molecule has 0 spiro atoms. The van der Waals surface area contributed by atoms with E-state index in [1.165, 1.54) is 0 Å². The van der Waals surface area contributed by atoms with Gasteiger partial charge in [-0.25, -0.2) is 4.79 Å². The summed E-state index contributed by atoms with van der Waals surface area (Å²) in [6, 6.07) is 4.95. The van der Waals surface area contributed by atoms with Gasteiger partial charge in [0.1, 0.15) is 12.1 Å². The van der Waals surface area contributed by atoms with Crippen LogP contribution >= 0.6 is 0 Å². The highest BCUT2D eigenvalue weighted by molar-refractivity contribution is 6.08. The zero-order chi connectivity index (χ0) is 19.7. The molecule has 1 aromatic rings. The molecule has 3 aliphatic rings. The normalized spacial score (nSPS) is 24.3. The Hall–Kier alpha value is -2.77. The number of carbonyl (C=O) groups excluding carboxylic acids is 3. The molecule has 2 saturated heterocycles. The van der Waals surface area contributed by atoms with Crippen molar-refractivity contribution in [3.8, 4) is 11.5 Å². The first kappa shape index (κ1) is 18.6. The van der Waals surface area contributed by atoms with Crippen LogP contribution < -0.4 is 14.8 Å². The molecule has 3 heterocycles. The van der Waals surface area contributed by atoms with Crippen LogP contribution in [0.15, 0.2) is 18.2 Å². The highest BCUT2D eigenvalue weighted by Crippen LogP contribution is 2.34. The Morgan fingerprint density at radius 1 is 1.11 bits per heavy atom. The lowest BCUT2D eigenvalue weighted by molar-refractivity contribution is -0.138. The number of fused-ring (bicyclic) bond motifs is 1. The van der Waals surface area contributed by atoms with E-state index in [4.69, 9.17) is 9.47 Å². The summed E-state index contributed by atoms with van der Waals surface area (Å²) >= 11 is 0. The van der Waals surface area contributed by atoms with E-state index in [9.17, 15) is 14.4 Å². The predicted octanol–water partition coefficient (Wildman–Crippen LogP) is 1.67. The maximum absolute atomic E-state index is 13.0. The first-order valence-corrected chi connectivity index (χ1v) is 9.77. The van der Waals surface area contributed by atoms with Gasteiger partial charge < -0.3 is 19.7 Å². The second-order valence-corrected chi connectivity index (χ2v) is 7.81. The first-order chi connectivity index (χ1) is 13.5. The van der Waals surface area contributed by atoms with Crippen LogP contribution in [0.4, 0.5) is 4.79 Å². The monoisotopic (exact) mass is 387 g/mol. The molecule has 0 unspecified atom stereocenters. The van der Waals surface area contributed by atoms with E-state index in [0.29, 0.717) is 31.0 Å². The van der Waals surface area contributed by atoms with Gasteiger partial charge in [-0.15, -0.1) is 0 Å². The van der Waals surface area contributed by atoms with Crippen molar-refractivity contribution in [1.29, 1.82) is 0 Å². The molecule has 8 nitrogen and oxygen atoms in total. The van der Waals surface area contributed by atoms with Gasteiger partial charge in [0, 0.05) is 19.5 Å². The molecule has 150 valence electrons. The summed E-state index contributed by atoms with van der Waals surface area (Å²) in [5.74, 6) is 0.752. The summed E-state index contributed by atoms with van der Waals surface area (Å²) in [5.41, 5.74) is -0.245. The van der Waals surface area contributed by atoms with Crippen molar-refractivity contribution in [2.24, 2.45) is 0 Å². The fourth-order valence-electron chi connectivity index (χ4n) is 4.02. The van der Waals surface area contributed by atoms with Gasteiger partial charge in [0.15, 0.2) is 11.5 Å². The lowest BCUT2D eigenvalue weighted by Gasteiger charge is -2.24. The number of carbonyl (C=O) groups is 3. The minimum absolute atomic E-state index is 0.169. The number of benzene rings is 1. The van der Waals surface area contributed by atoms with Crippen LogP contribution in [0.5, 0.6) is 11.5 Å². The van der Waals surface area contributed by atoms with Gasteiger partial charge in [0.25, 0.3) is 5.91 Å². The van der Waals surface area contributed by atoms with Crippen LogP contribution in [0, 0.1) is 0 Å². The third-order valence-electron chi connectivity index (χ3n) is 5.59. The van der Waals surface area contributed by atoms with Crippen molar-refractivity contribution < 1.29 is 23.9 Å². The zero-order valence-electron chi connectivity index (χ0n) is 16.0. The highest BCUT2D eigenvalue weighted by atomic mass is 16.7. The fourth-order valence-corrected chi connectivity index (χ4v) is 4.02. The fraction of sp³-hybridized carbons (Fsp3) is 0.550. The van der Waals surface area contributed by atoms with Crippen molar-refractivity contribution in [2.75, 3.05) is 26.4 Å². The van der Waals surface area contributed by atoms with Gasteiger partial charge in [0.2, 0.25) is 12.7 Å². The first-order valence-electron chi connectivity index (χ1n) is 9.77. The minimum atomic E-state index is -1.09. The summed E-state index contributed by atoms with van der Waals surface area (Å²) in [4.78, 5) is 40.8. The third kappa shape index (κ3) is 3.50. The molecule has 1 N–H and O–H groups in total. The number of ether oxygens (including phenoxy) is 2. The Balaban J connectivity index is 1.44. The summed E-state index contributed by atoms with van der Waals surface area (Å²) < 4.78 is 10.7. The van der Waals surface area contributed by atoms with E-state index in [1.807, 2.05) is 12.1 Å². The van der Waals surface area contributed by atoms with Gasteiger partial charge in [-0.05, 0) is 37.5 Å². The average Bonchev–Trinajstić information content (AvgIpc) is 3.06. The van der Waals surface area contributed by atoms with Gasteiger partial charge in [-0.3, -0.25) is 14.5 Å². The van der Waals surface area contributed by atoms with Crippen molar-refractivity contribution >= 4 is 17.8 Å². The van der Waals surface area contributed by atoms with E-state index in [-0.39, 0.29) is 25.2 Å². The topological polar surface area (TPSA) is 88.2 Å². The average molecular weight is 387 g/mol. The number of imide groups is 1. The van der Waals surface area contributed by atoms with E-state index >= 15 is 0 Å². The molecular formula is C20H25N3O5. The molecule has 4 rings (SSSR count). The summed E-state index contributed by atoms with van der Waals surface area (Å²) in [5, 5.41) is 2.76. The number of rotatable bonds is 4. The molecule has 4 amide bonds. The van der Waals surface area contributed by atoms with Crippen molar-refractivity contribution in [1.82, 2.24) is 15.1 Å². The molecule has 3 aliphatic heterocycles. The SMILES string of the molecule is C[C@]1(Cc2ccc3c(c2)OCO3)NC(=O)N(CC(=O)N2CCCCCC2)C1=O. The molecule has 0 saturated carbocycles. The number of amides is 4. The molecule has 1 atom stereocenters. The standard InChI is InChI=1S/C20H25N3O5/c1-20(11-14-6-7-15-16(10-14)28-13-27-15)18(25)23(19(26)21-20)12-17(24)22-8-4-2-3-5-9-22/h6-7,10H,2-5,8-9,11-13H2,1H3,(H,21,26)/t20-/m1/s1. The van der Waals surface area contributed by atoms with Gasteiger partial charge >= 0.3 is 6.03 Å². The molecule has 0 aromatic heterocycles. The lowest BCUT2D eigenvalue weighted by Crippen LogP contribution is -2.47. The number of nitrogens with one attached hydrogen (secondary N) is 1.